The summed E-state index contributed by atoms with van der Waals surface area (Å²) in [6.45, 7) is 2.95. The van der Waals surface area contributed by atoms with Crippen LogP contribution in [0.5, 0.6) is 0 Å². The molecule has 26 heavy (non-hydrogen) atoms. The van der Waals surface area contributed by atoms with Crippen LogP contribution in [0.3, 0.4) is 0 Å². The molecule has 0 aliphatic heterocycles. The lowest BCUT2D eigenvalue weighted by Crippen LogP contribution is -2.26. The quantitative estimate of drug-likeness (QED) is 0.744. The van der Waals surface area contributed by atoms with Gasteiger partial charge in [-0.25, -0.2) is 15.0 Å². The van der Waals surface area contributed by atoms with Crippen LogP contribution in [0.15, 0.2) is 48.9 Å². The Morgan fingerprint density at radius 2 is 2.04 bits per heavy atom. The number of nitrogens with zero attached hydrogens (tertiary/aromatic N) is 4. The minimum Gasteiger partial charge on any atom is -0.345 e. The molecule has 1 aromatic carbocycles. The van der Waals surface area contributed by atoms with Gasteiger partial charge in [0.1, 0.15) is 11.6 Å². The maximum absolute atomic E-state index is 12.5. The first-order chi connectivity index (χ1) is 12.7. The predicted molar refractivity (Wildman–Crippen MR) is 97.7 cm³/mol. The van der Waals surface area contributed by atoms with Crippen LogP contribution in [-0.2, 0) is 13.1 Å². The zero-order chi connectivity index (χ0) is 17.9. The third-order valence-corrected chi connectivity index (χ3v) is 4.59. The van der Waals surface area contributed by atoms with Crippen molar-refractivity contribution in [3.05, 3.63) is 77.4 Å². The van der Waals surface area contributed by atoms with Crippen LogP contribution in [0.4, 0.5) is 0 Å². The minimum atomic E-state index is -0.167. The Hall–Kier alpha value is -3.02. The Balaban J connectivity index is 1.41. The van der Waals surface area contributed by atoms with Crippen molar-refractivity contribution in [2.45, 2.75) is 38.8 Å². The lowest BCUT2D eigenvalue weighted by molar-refractivity contribution is 0.0948. The molecule has 2 aromatic heterocycles. The molecular weight excluding hydrogens is 326 g/mol. The fourth-order valence-electron chi connectivity index (χ4n) is 2.93. The van der Waals surface area contributed by atoms with Gasteiger partial charge in [-0.3, -0.25) is 4.79 Å². The number of rotatable bonds is 6. The number of aryl methyl sites for hydroxylation is 1. The van der Waals surface area contributed by atoms with Crippen LogP contribution >= 0.6 is 0 Å². The SMILES string of the molecule is Cc1nc(C2CC2)ncc1C(=O)NCc1nccn1Cc1ccccc1. The average molecular weight is 347 g/mol. The lowest BCUT2D eigenvalue weighted by atomic mass is 10.2. The number of imidazole rings is 1. The standard InChI is InChI=1S/C20H21N5O/c1-14-17(11-22-19(24-14)16-7-8-16)20(26)23-12-18-21-9-10-25(18)13-15-5-3-2-4-6-15/h2-6,9-11,16H,7-8,12-13H2,1H3,(H,23,26). The highest BCUT2D eigenvalue weighted by Gasteiger charge is 2.27. The Morgan fingerprint density at radius 1 is 1.23 bits per heavy atom. The molecule has 3 aromatic rings. The monoisotopic (exact) mass is 347 g/mol. The molecule has 1 N–H and O–H groups in total. The van der Waals surface area contributed by atoms with E-state index in [1.165, 1.54) is 5.56 Å². The number of carbonyl (C=O) groups is 1. The van der Waals surface area contributed by atoms with Crippen LogP contribution in [-0.4, -0.2) is 25.4 Å². The summed E-state index contributed by atoms with van der Waals surface area (Å²) < 4.78 is 2.04. The molecule has 132 valence electrons. The highest BCUT2D eigenvalue weighted by Crippen LogP contribution is 2.37. The molecule has 6 nitrogen and oxygen atoms in total. The predicted octanol–water partition coefficient (Wildman–Crippen LogP) is 2.84. The molecule has 0 unspecified atom stereocenters. The minimum absolute atomic E-state index is 0.167. The number of nitrogens with one attached hydrogen (secondary N) is 1. The molecule has 0 atom stereocenters. The van der Waals surface area contributed by atoms with Gasteiger partial charge in [-0.2, -0.15) is 0 Å². The maximum Gasteiger partial charge on any atom is 0.255 e. The summed E-state index contributed by atoms with van der Waals surface area (Å²) in [5, 5.41) is 2.93. The van der Waals surface area contributed by atoms with Gasteiger partial charge >= 0.3 is 0 Å². The zero-order valence-corrected chi connectivity index (χ0v) is 14.7. The van der Waals surface area contributed by atoms with Crippen LogP contribution in [0.2, 0.25) is 0 Å². The van der Waals surface area contributed by atoms with Crippen LogP contribution < -0.4 is 5.32 Å². The van der Waals surface area contributed by atoms with E-state index in [-0.39, 0.29) is 5.91 Å². The molecule has 1 aliphatic carbocycles. The molecule has 4 rings (SSSR count). The number of amides is 1. The van der Waals surface area contributed by atoms with Crippen LogP contribution in [0, 0.1) is 6.92 Å². The van der Waals surface area contributed by atoms with Crippen molar-refractivity contribution in [2.24, 2.45) is 0 Å². The van der Waals surface area contributed by atoms with E-state index in [1.807, 2.05) is 35.9 Å². The molecule has 0 spiro atoms. The van der Waals surface area contributed by atoms with E-state index in [0.717, 1.165) is 36.7 Å². The normalized spacial score (nSPS) is 13.6. The fourth-order valence-corrected chi connectivity index (χ4v) is 2.93. The average Bonchev–Trinajstić information content (AvgIpc) is 3.41. The third kappa shape index (κ3) is 3.64. The molecule has 1 saturated carbocycles. The van der Waals surface area contributed by atoms with E-state index in [9.17, 15) is 4.79 Å². The first-order valence-corrected chi connectivity index (χ1v) is 8.86. The Bertz CT molecular complexity index is 915. The van der Waals surface area contributed by atoms with E-state index in [4.69, 9.17) is 0 Å². The molecular formula is C20H21N5O. The first-order valence-electron chi connectivity index (χ1n) is 8.86. The van der Waals surface area contributed by atoms with E-state index in [0.29, 0.717) is 18.0 Å². The number of benzene rings is 1. The summed E-state index contributed by atoms with van der Waals surface area (Å²) >= 11 is 0. The molecule has 1 aliphatic rings. The molecule has 6 heteroatoms. The van der Waals surface area contributed by atoms with Crippen molar-refractivity contribution < 1.29 is 4.79 Å². The summed E-state index contributed by atoms with van der Waals surface area (Å²) in [5.74, 6) is 1.99. The van der Waals surface area contributed by atoms with Crippen molar-refractivity contribution in [3.8, 4) is 0 Å². The molecule has 1 fully saturated rings. The maximum atomic E-state index is 12.5. The number of hydrogen-bond acceptors (Lipinski definition) is 4. The van der Waals surface area contributed by atoms with Gasteiger partial charge in [-0.05, 0) is 25.3 Å². The van der Waals surface area contributed by atoms with Crippen LogP contribution in [0.1, 0.15) is 52.0 Å². The fraction of sp³-hybridized carbons (Fsp3) is 0.300. The zero-order valence-electron chi connectivity index (χ0n) is 14.7. The van der Waals surface area contributed by atoms with Crippen molar-refractivity contribution in [2.75, 3.05) is 0 Å². The van der Waals surface area contributed by atoms with Gasteiger partial charge in [-0.1, -0.05) is 30.3 Å². The second kappa shape index (κ2) is 7.07. The van der Waals surface area contributed by atoms with Crippen molar-refractivity contribution >= 4 is 5.91 Å². The number of hydrogen-bond donors (Lipinski definition) is 1. The smallest absolute Gasteiger partial charge is 0.255 e. The summed E-state index contributed by atoms with van der Waals surface area (Å²) in [6.07, 6.45) is 7.61. The molecule has 0 radical (unpaired) electrons. The van der Waals surface area contributed by atoms with Gasteiger partial charge in [-0.15, -0.1) is 0 Å². The third-order valence-electron chi connectivity index (χ3n) is 4.59. The lowest BCUT2D eigenvalue weighted by Gasteiger charge is -2.10. The number of carbonyl (C=O) groups excluding carboxylic acids is 1. The van der Waals surface area contributed by atoms with Gasteiger partial charge in [0.2, 0.25) is 0 Å². The van der Waals surface area contributed by atoms with Crippen molar-refractivity contribution in [3.63, 3.8) is 0 Å². The van der Waals surface area contributed by atoms with Gasteiger partial charge < -0.3 is 9.88 Å². The molecule has 2 heterocycles. The van der Waals surface area contributed by atoms with E-state index < -0.39 is 0 Å². The second-order valence-electron chi connectivity index (χ2n) is 6.64. The summed E-state index contributed by atoms with van der Waals surface area (Å²) in [7, 11) is 0. The Labute approximate surface area is 152 Å². The second-order valence-corrected chi connectivity index (χ2v) is 6.64. The van der Waals surface area contributed by atoms with Crippen molar-refractivity contribution in [1.29, 1.82) is 0 Å². The number of aromatic nitrogens is 4. The highest BCUT2D eigenvalue weighted by atomic mass is 16.1. The Morgan fingerprint density at radius 3 is 2.77 bits per heavy atom. The van der Waals surface area contributed by atoms with Gasteiger partial charge in [0.25, 0.3) is 5.91 Å². The highest BCUT2D eigenvalue weighted by molar-refractivity contribution is 5.94. The summed E-state index contributed by atoms with van der Waals surface area (Å²) in [4.78, 5) is 25.7. The van der Waals surface area contributed by atoms with E-state index in [1.54, 1.807) is 12.4 Å². The van der Waals surface area contributed by atoms with Gasteiger partial charge in [0.15, 0.2) is 0 Å². The summed E-state index contributed by atoms with van der Waals surface area (Å²) in [6, 6.07) is 10.2. The molecule has 1 amide bonds. The Kier molecular flexibility index (Phi) is 4.48. The van der Waals surface area contributed by atoms with Gasteiger partial charge in [0, 0.05) is 31.1 Å². The molecule has 0 bridgehead atoms. The molecule has 0 saturated heterocycles. The largest absolute Gasteiger partial charge is 0.345 e. The summed E-state index contributed by atoms with van der Waals surface area (Å²) in [5.41, 5.74) is 2.44. The topological polar surface area (TPSA) is 72.7 Å². The van der Waals surface area contributed by atoms with Crippen LogP contribution in [0.25, 0.3) is 0 Å². The van der Waals surface area contributed by atoms with E-state index >= 15 is 0 Å². The first kappa shape index (κ1) is 16.4. The van der Waals surface area contributed by atoms with E-state index in [2.05, 4.69) is 32.4 Å². The van der Waals surface area contributed by atoms with Gasteiger partial charge in [0.05, 0.1) is 17.8 Å². The van der Waals surface area contributed by atoms with Crippen molar-refractivity contribution in [1.82, 2.24) is 24.8 Å².